The Morgan fingerprint density at radius 1 is 0.939 bits per heavy atom. The lowest BCUT2D eigenvalue weighted by molar-refractivity contribution is -0.122. The van der Waals surface area contributed by atoms with Crippen LogP contribution in [0.4, 0.5) is 17.1 Å². The molecule has 2 N–H and O–H groups in total. The molecular formula is C41H39BrN2O5. The SMILES string of the molecule is CC/C(=C\c1cc(Br)ccc1O)CC[C@H]1OC[C@H]2C1=C(COc1ccccc1)C[C@H]1C(=O)N(c3ccc(Nc4ccccc4)cc3)C(=O)[C@H]12. The Morgan fingerprint density at radius 2 is 1.65 bits per heavy atom. The van der Waals surface area contributed by atoms with Gasteiger partial charge in [-0.25, -0.2) is 0 Å². The molecule has 0 radical (unpaired) electrons. The van der Waals surface area contributed by atoms with E-state index in [2.05, 4.69) is 34.2 Å². The highest BCUT2D eigenvalue weighted by molar-refractivity contribution is 9.10. The largest absolute Gasteiger partial charge is 0.507 e. The van der Waals surface area contributed by atoms with Gasteiger partial charge in [-0.1, -0.05) is 70.9 Å². The zero-order valence-electron chi connectivity index (χ0n) is 27.3. The molecule has 2 amide bonds. The van der Waals surface area contributed by atoms with Gasteiger partial charge in [0.25, 0.3) is 0 Å². The highest BCUT2D eigenvalue weighted by Gasteiger charge is 2.57. The van der Waals surface area contributed by atoms with Crippen LogP contribution in [0.2, 0.25) is 0 Å². The molecule has 250 valence electrons. The molecule has 3 aliphatic rings. The first-order valence-corrected chi connectivity index (χ1v) is 17.7. The summed E-state index contributed by atoms with van der Waals surface area (Å²) >= 11 is 3.51. The minimum atomic E-state index is -0.477. The molecule has 0 spiro atoms. The predicted molar refractivity (Wildman–Crippen MR) is 196 cm³/mol. The number of allylic oxidation sites excluding steroid dienone is 1. The van der Waals surface area contributed by atoms with Gasteiger partial charge >= 0.3 is 0 Å². The van der Waals surface area contributed by atoms with E-state index < -0.39 is 11.8 Å². The van der Waals surface area contributed by atoms with Gasteiger partial charge in [0.2, 0.25) is 11.8 Å². The number of halogens is 1. The van der Waals surface area contributed by atoms with Gasteiger partial charge < -0.3 is 19.9 Å². The van der Waals surface area contributed by atoms with Crippen LogP contribution >= 0.6 is 15.9 Å². The van der Waals surface area contributed by atoms with Gasteiger partial charge in [0.05, 0.1) is 30.2 Å². The average molecular weight is 720 g/mol. The maximum atomic E-state index is 14.2. The standard InChI is InChI=1S/C41H39BrN2O5/c1-2-26(21-27-22-29(42)14-19-36(27)45)13-20-37-38-28(24-48-33-11-7-4-8-12-33)23-34-39(35(38)25-49-37)41(47)44(40(34)46)32-17-15-31(16-18-32)43-30-9-5-3-6-10-30/h3-12,14-19,21-22,34-35,37,39,43,45H,2,13,20,23-25H2,1H3/b26-21+/t34-,35+,37-,39-/m1/s1. The number of para-hydroxylation sites is 2. The fourth-order valence-electron chi connectivity index (χ4n) is 7.46. The maximum Gasteiger partial charge on any atom is 0.238 e. The van der Waals surface area contributed by atoms with Gasteiger partial charge in [0.1, 0.15) is 18.1 Å². The first kappa shape index (κ1) is 32.9. The molecule has 2 saturated heterocycles. The first-order chi connectivity index (χ1) is 23.9. The van der Waals surface area contributed by atoms with Crippen molar-refractivity contribution in [3.05, 3.63) is 130 Å². The molecular weight excluding hydrogens is 680 g/mol. The fraction of sp³-hybridized carbons (Fsp3) is 0.268. The van der Waals surface area contributed by atoms with E-state index in [-0.39, 0.29) is 29.6 Å². The molecule has 4 aromatic rings. The number of carbonyl (C=O) groups excluding carboxylic acids is 2. The van der Waals surface area contributed by atoms with Crippen molar-refractivity contribution in [1.29, 1.82) is 0 Å². The number of amides is 2. The number of rotatable bonds is 11. The molecule has 2 aliphatic heterocycles. The smallest absolute Gasteiger partial charge is 0.238 e. The van der Waals surface area contributed by atoms with E-state index in [1.807, 2.05) is 97.1 Å². The molecule has 8 heteroatoms. The van der Waals surface area contributed by atoms with E-state index in [4.69, 9.17) is 9.47 Å². The highest BCUT2D eigenvalue weighted by Crippen LogP contribution is 2.51. The van der Waals surface area contributed by atoms with E-state index in [9.17, 15) is 14.7 Å². The summed E-state index contributed by atoms with van der Waals surface area (Å²) < 4.78 is 13.7. The van der Waals surface area contributed by atoms with Gasteiger partial charge in [-0.15, -0.1) is 0 Å². The van der Waals surface area contributed by atoms with Crippen LogP contribution in [0.3, 0.4) is 0 Å². The Bertz CT molecular complexity index is 1890. The normalized spacial score (nSPS) is 21.9. The molecule has 0 saturated carbocycles. The van der Waals surface area contributed by atoms with Crippen molar-refractivity contribution in [1.82, 2.24) is 0 Å². The van der Waals surface area contributed by atoms with Crippen molar-refractivity contribution in [3.8, 4) is 11.5 Å². The summed E-state index contributed by atoms with van der Waals surface area (Å²) in [6, 6.07) is 32.4. The number of hydrogen-bond acceptors (Lipinski definition) is 6. The van der Waals surface area contributed by atoms with Crippen molar-refractivity contribution in [3.63, 3.8) is 0 Å². The lowest BCUT2D eigenvalue weighted by Gasteiger charge is -2.31. The number of imide groups is 1. The van der Waals surface area contributed by atoms with Crippen molar-refractivity contribution in [2.45, 2.75) is 38.7 Å². The van der Waals surface area contributed by atoms with Crippen molar-refractivity contribution in [2.24, 2.45) is 17.8 Å². The van der Waals surface area contributed by atoms with E-state index in [0.717, 1.165) is 57.6 Å². The van der Waals surface area contributed by atoms with Gasteiger partial charge in [-0.05, 0) is 104 Å². The number of aromatic hydroxyl groups is 1. The fourth-order valence-corrected chi connectivity index (χ4v) is 7.84. The number of ether oxygens (including phenoxy) is 2. The molecule has 0 aromatic heterocycles. The van der Waals surface area contributed by atoms with Crippen LogP contribution in [0, 0.1) is 17.8 Å². The Hall–Kier alpha value is -4.66. The van der Waals surface area contributed by atoms with Crippen LogP contribution in [0.15, 0.2) is 124 Å². The lowest BCUT2D eigenvalue weighted by Crippen LogP contribution is -2.35. The molecule has 49 heavy (non-hydrogen) atoms. The molecule has 2 heterocycles. The zero-order valence-corrected chi connectivity index (χ0v) is 28.9. The van der Waals surface area contributed by atoms with Crippen LogP contribution in [0.25, 0.3) is 6.08 Å². The number of benzene rings is 4. The lowest BCUT2D eigenvalue weighted by atomic mass is 9.69. The van der Waals surface area contributed by atoms with E-state index in [0.29, 0.717) is 25.3 Å². The molecule has 7 nitrogen and oxygen atoms in total. The maximum absolute atomic E-state index is 14.2. The molecule has 0 bridgehead atoms. The summed E-state index contributed by atoms with van der Waals surface area (Å²) in [5.74, 6) is -0.461. The highest BCUT2D eigenvalue weighted by atomic mass is 79.9. The van der Waals surface area contributed by atoms with Crippen LogP contribution in [-0.2, 0) is 14.3 Å². The topological polar surface area (TPSA) is 88.1 Å². The van der Waals surface area contributed by atoms with Crippen molar-refractivity contribution >= 4 is 50.9 Å². The third-order valence-electron chi connectivity index (χ3n) is 9.88. The van der Waals surface area contributed by atoms with Crippen molar-refractivity contribution in [2.75, 3.05) is 23.4 Å². The minimum absolute atomic E-state index is 0.159. The first-order valence-electron chi connectivity index (χ1n) is 16.9. The third-order valence-corrected chi connectivity index (χ3v) is 10.4. The molecule has 4 aromatic carbocycles. The van der Waals surface area contributed by atoms with Crippen molar-refractivity contribution < 1.29 is 24.2 Å². The Morgan fingerprint density at radius 3 is 2.39 bits per heavy atom. The number of hydrogen-bond donors (Lipinski definition) is 2. The quantitative estimate of drug-likeness (QED) is 0.119. The molecule has 7 rings (SSSR count). The van der Waals surface area contributed by atoms with Gasteiger partial charge in [0.15, 0.2) is 0 Å². The number of nitrogens with one attached hydrogen (secondary N) is 1. The van der Waals surface area contributed by atoms with E-state index >= 15 is 0 Å². The third kappa shape index (κ3) is 6.94. The van der Waals surface area contributed by atoms with Crippen LogP contribution in [0.1, 0.15) is 38.2 Å². The second-order valence-electron chi connectivity index (χ2n) is 12.9. The minimum Gasteiger partial charge on any atom is -0.507 e. The predicted octanol–water partition coefficient (Wildman–Crippen LogP) is 9.07. The number of phenols is 1. The Kier molecular flexibility index (Phi) is 9.69. The number of phenolic OH excluding ortho intramolecular Hbond substituents is 1. The molecule has 2 fully saturated rings. The summed E-state index contributed by atoms with van der Waals surface area (Å²) in [4.78, 5) is 29.6. The Balaban J connectivity index is 1.13. The summed E-state index contributed by atoms with van der Waals surface area (Å²) in [7, 11) is 0. The second kappa shape index (κ2) is 14.4. The van der Waals surface area contributed by atoms with Crippen LogP contribution in [-0.4, -0.2) is 36.2 Å². The number of carbonyl (C=O) groups is 2. The van der Waals surface area contributed by atoms with E-state index in [1.165, 1.54) is 10.5 Å². The van der Waals surface area contributed by atoms with E-state index in [1.54, 1.807) is 6.07 Å². The summed E-state index contributed by atoms with van der Waals surface area (Å²) in [5, 5.41) is 13.8. The van der Waals surface area contributed by atoms with Crippen LogP contribution in [0.5, 0.6) is 11.5 Å². The number of fused-ring (bicyclic) bond motifs is 3. The molecule has 1 aliphatic carbocycles. The summed E-state index contributed by atoms with van der Waals surface area (Å²) in [6.45, 7) is 2.84. The molecule has 0 unspecified atom stereocenters. The summed E-state index contributed by atoms with van der Waals surface area (Å²) in [5.41, 5.74) is 6.54. The number of nitrogens with zero attached hydrogens (tertiary/aromatic N) is 1. The zero-order chi connectivity index (χ0) is 33.9. The van der Waals surface area contributed by atoms with Gasteiger partial charge in [0, 0.05) is 27.3 Å². The average Bonchev–Trinajstić information content (AvgIpc) is 3.66. The monoisotopic (exact) mass is 718 g/mol. The van der Waals surface area contributed by atoms with Gasteiger partial charge in [-0.2, -0.15) is 0 Å². The number of anilines is 3. The second-order valence-corrected chi connectivity index (χ2v) is 13.8. The molecule has 4 atom stereocenters. The summed E-state index contributed by atoms with van der Waals surface area (Å²) in [6.07, 6.45) is 4.65. The van der Waals surface area contributed by atoms with Gasteiger partial charge in [-0.3, -0.25) is 14.5 Å². The van der Waals surface area contributed by atoms with Crippen LogP contribution < -0.4 is 15.0 Å². The Labute approximate surface area is 295 Å².